The Hall–Kier alpha value is -0.480. The normalized spacial score (nSPS) is 16.9. The average Bonchev–Trinajstić information content (AvgIpc) is 2.34. The van der Waals surface area contributed by atoms with Crippen LogP contribution < -0.4 is 0 Å². The van der Waals surface area contributed by atoms with Gasteiger partial charge in [-0.2, -0.15) is 57.1 Å². The van der Waals surface area contributed by atoms with Crippen LogP contribution >= 0.6 is 22.6 Å². The number of alkyl halides is 13. The fraction of sp³-hybridized carbons (Fsp3) is 0.818. The number of rotatable bonds is 6. The molecule has 0 atom stereocenters. The molecule has 0 aromatic carbocycles. The van der Waals surface area contributed by atoms with Gasteiger partial charge in [-0.15, -0.1) is 0 Å². The molecule has 0 aliphatic heterocycles. The highest BCUT2D eigenvalue weighted by Crippen LogP contribution is 2.60. The van der Waals surface area contributed by atoms with Gasteiger partial charge in [-0.1, -0.05) is 0 Å². The predicted molar refractivity (Wildman–Crippen MR) is 69.2 cm³/mol. The largest absolute Gasteiger partial charge is 0.460 e. The Morgan fingerprint density at radius 1 is 0.654 bits per heavy atom. The van der Waals surface area contributed by atoms with Gasteiger partial charge in [0.25, 0.3) is 0 Å². The van der Waals surface area contributed by atoms with Crippen molar-refractivity contribution in [2.75, 3.05) is 0 Å². The number of hydrogen-bond acceptors (Lipinski definition) is 1. The van der Waals surface area contributed by atoms with Crippen molar-refractivity contribution < 1.29 is 62.2 Å². The average molecular weight is 530 g/mol. The fourth-order valence-electron chi connectivity index (χ4n) is 1.21. The Kier molecular flexibility index (Phi) is 6.43. The van der Waals surface area contributed by atoms with Crippen LogP contribution in [-0.4, -0.2) is 46.5 Å². The van der Waals surface area contributed by atoms with Crippen molar-refractivity contribution in [2.45, 2.75) is 55.2 Å². The molecule has 156 valence electrons. The first kappa shape index (κ1) is 25.5. The fourth-order valence-corrected chi connectivity index (χ4v) is 1.60. The lowest BCUT2D eigenvalue weighted by Gasteiger charge is -2.39. The van der Waals surface area contributed by atoms with E-state index in [0.29, 0.717) is 13.8 Å². The number of halogens is 14. The zero-order valence-corrected chi connectivity index (χ0v) is 14.5. The van der Waals surface area contributed by atoms with Crippen LogP contribution in [0, 0.1) is 0 Å². The van der Waals surface area contributed by atoms with Crippen LogP contribution in [0.25, 0.3) is 0 Å². The second-order valence-electron chi connectivity index (χ2n) is 5.47. The number of aliphatic hydroxyl groups is 1. The van der Waals surface area contributed by atoms with Crippen LogP contribution in [0.3, 0.4) is 0 Å². The Morgan fingerprint density at radius 3 is 1.23 bits per heavy atom. The minimum absolute atomic E-state index is 0.685. The standard InChI is InChI=1S/C11H8F13IO/c1-5(2,26)4(25)3-6(12,13)7(14,15)8(16,17)9(18,19)10(20,21)11(22,23)24/h3,26H,1-2H3. The molecule has 0 aromatic heterocycles. The van der Waals surface area contributed by atoms with Gasteiger partial charge in [0.2, 0.25) is 0 Å². The van der Waals surface area contributed by atoms with Gasteiger partial charge in [0.05, 0.1) is 5.60 Å². The zero-order chi connectivity index (χ0) is 21.8. The van der Waals surface area contributed by atoms with E-state index in [-0.39, 0.29) is 0 Å². The first-order valence-electron chi connectivity index (χ1n) is 5.95. The summed E-state index contributed by atoms with van der Waals surface area (Å²) < 4.78 is 165. The maximum absolute atomic E-state index is 13.4. The first-order valence-corrected chi connectivity index (χ1v) is 7.03. The molecule has 0 heterocycles. The van der Waals surface area contributed by atoms with E-state index in [1.807, 2.05) is 0 Å². The topological polar surface area (TPSA) is 20.2 Å². The van der Waals surface area contributed by atoms with Crippen molar-refractivity contribution in [3.63, 3.8) is 0 Å². The molecule has 0 rings (SSSR count). The summed E-state index contributed by atoms with van der Waals surface area (Å²) in [6.45, 7) is 1.37. The van der Waals surface area contributed by atoms with E-state index >= 15 is 0 Å². The summed E-state index contributed by atoms with van der Waals surface area (Å²) in [4.78, 5) is 0. The van der Waals surface area contributed by atoms with Crippen LogP contribution in [0.2, 0.25) is 0 Å². The Bertz CT molecular complexity index is 555. The molecule has 0 fully saturated rings. The first-order chi connectivity index (χ1) is 10.9. The molecule has 0 amide bonds. The molecule has 0 saturated heterocycles. The third-order valence-corrected chi connectivity index (χ3v) is 4.48. The van der Waals surface area contributed by atoms with Crippen LogP contribution in [0.15, 0.2) is 9.66 Å². The molecule has 0 aromatic rings. The zero-order valence-electron chi connectivity index (χ0n) is 12.3. The maximum atomic E-state index is 13.4. The van der Waals surface area contributed by atoms with Gasteiger partial charge in [-0.25, -0.2) is 0 Å². The summed E-state index contributed by atoms with van der Waals surface area (Å²) >= 11 is 0.729. The van der Waals surface area contributed by atoms with E-state index in [2.05, 4.69) is 0 Å². The van der Waals surface area contributed by atoms with Crippen LogP contribution in [0.5, 0.6) is 0 Å². The highest BCUT2D eigenvalue weighted by molar-refractivity contribution is 14.1. The Morgan fingerprint density at radius 2 is 0.962 bits per heavy atom. The molecule has 0 aliphatic rings. The summed E-state index contributed by atoms with van der Waals surface area (Å²) in [6, 6.07) is 0. The van der Waals surface area contributed by atoms with E-state index in [0.717, 1.165) is 22.6 Å². The van der Waals surface area contributed by atoms with E-state index < -0.39 is 51.0 Å². The van der Waals surface area contributed by atoms with Crippen molar-refractivity contribution >= 4 is 22.6 Å². The van der Waals surface area contributed by atoms with E-state index in [1.165, 1.54) is 0 Å². The summed E-state index contributed by atoms with van der Waals surface area (Å²) in [5.74, 6) is -37.2. The number of allylic oxidation sites excluding steroid dienone is 1. The molecule has 0 unspecified atom stereocenters. The maximum Gasteiger partial charge on any atom is 0.460 e. The van der Waals surface area contributed by atoms with Crippen LogP contribution in [0.1, 0.15) is 13.8 Å². The predicted octanol–water partition coefficient (Wildman–Crippen LogP) is 5.82. The number of hydrogen-bond donors (Lipinski definition) is 1. The van der Waals surface area contributed by atoms with Crippen molar-refractivity contribution in [1.82, 2.24) is 0 Å². The second kappa shape index (κ2) is 6.55. The van der Waals surface area contributed by atoms with Crippen LogP contribution in [0.4, 0.5) is 57.1 Å². The second-order valence-corrected chi connectivity index (χ2v) is 6.63. The van der Waals surface area contributed by atoms with Gasteiger partial charge in [-0.3, -0.25) is 0 Å². The molecule has 1 N–H and O–H groups in total. The SMILES string of the molecule is CC(C)(O)C(I)=CC(F)(F)C(F)(F)C(F)(F)C(F)(F)C(F)(F)C(F)(F)F. The summed E-state index contributed by atoms with van der Waals surface area (Å²) in [7, 11) is 0. The lowest BCUT2D eigenvalue weighted by molar-refractivity contribution is -0.436. The molecular formula is C11H8F13IO. The van der Waals surface area contributed by atoms with Crippen molar-refractivity contribution in [2.24, 2.45) is 0 Å². The molecule has 0 bridgehead atoms. The van der Waals surface area contributed by atoms with Gasteiger partial charge in [0.1, 0.15) is 0 Å². The van der Waals surface area contributed by atoms with Gasteiger partial charge >= 0.3 is 35.8 Å². The molecule has 15 heteroatoms. The molecule has 0 spiro atoms. The van der Waals surface area contributed by atoms with E-state index in [4.69, 9.17) is 0 Å². The highest BCUT2D eigenvalue weighted by atomic mass is 127. The quantitative estimate of drug-likeness (QED) is 0.340. The van der Waals surface area contributed by atoms with Crippen molar-refractivity contribution in [1.29, 1.82) is 0 Å². The minimum Gasteiger partial charge on any atom is -0.385 e. The van der Waals surface area contributed by atoms with Gasteiger partial charge in [0, 0.05) is 9.66 Å². The lowest BCUT2D eigenvalue weighted by atomic mass is 9.93. The monoisotopic (exact) mass is 530 g/mol. The van der Waals surface area contributed by atoms with E-state index in [9.17, 15) is 62.2 Å². The molecule has 0 radical (unpaired) electrons. The van der Waals surface area contributed by atoms with Crippen LogP contribution in [-0.2, 0) is 0 Å². The summed E-state index contributed by atoms with van der Waals surface area (Å²) in [5, 5.41) is 9.26. The van der Waals surface area contributed by atoms with Crippen molar-refractivity contribution in [3.8, 4) is 0 Å². The summed E-state index contributed by atoms with van der Waals surface area (Å²) in [5.41, 5.74) is -2.37. The molecule has 1 nitrogen and oxygen atoms in total. The van der Waals surface area contributed by atoms with E-state index in [1.54, 1.807) is 0 Å². The van der Waals surface area contributed by atoms with Gasteiger partial charge in [-0.05, 0) is 36.4 Å². The van der Waals surface area contributed by atoms with Crippen molar-refractivity contribution in [3.05, 3.63) is 9.66 Å². The molecule has 26 heavy (non-hydrogen) atoms. The third-order valence-electron chi connectivity index (χ3n) is 2.85. The molecule has 0 aliphatic carbocycles. The molecule has 0 saturated carbocycles. The lowest BCUT2D eigenvalue weighted by Crippen LogP contribution is -2.69. The van der Waals surface area contributed by atoms with Gasteiger partial charge < -0.3 is 5.11 Å². The van der Waals surface area contributed by atoms with Gasteiger partial charge in [0.15, 0.2) is 0 Å². The third kappa shape index (κ3) is 3.87. The highest BCUT2D eigenvalue weighted by Gasteiger charge is 2.90. The summed E-state index contributed by atoms with van der Waals surface area (Å²) in [6.07, 6.45) is -8.58. The Labute approximate surface area is 150 Å². The smallest absolute Gasteiger partial charge is 0.385 e. The molecular weight excluding hydrogens is 522 g/mol. The Balaban J connectivity index is 6.43. The minimum atomic E-state index is -7.93.